The van der Waals surface area contributed by atoms with Crippen molar-refractivity contribution in [2.45, 2.75) is 0 Å². The van der Waals surface area contributed by atoms with Crippen molar-refractivity contribution in [3.63, 3.8) is 0 Å². The quantitative estimate of drug-likeness (QED) is 0.395. The molecule has 0 radical (unpaired) electrons. The fourth-order valence-corrected chi connectivity index (χ4v) is 2.63. The van der Waals surface area contributed by atoms with Gasteiger partial charge in [0.05, 0.1) is 5.69 Å². The van der Waals surface area contributed by atoms with E-state index in [0.29, 0.717) is 5.69 Å². The van der Waals surface area contributed by atoms with Crippen LogP contribution in [0.1, 0.15) is 11.1 Å². The maximum absolute atomic E-state index is 12.8. The zero-order valence-corrected chi connectivity index (χ0v) is 16.3. The summed E-state index contributed by atoms with van der Waals surface area (Å²) in [6.45, 7) is 0. The van der Waals surface area contributed by atoms with Crippen LogP contribution in [-0.4, -0.2) is 22.7 Å². The van der Waals surface area contributed by atoms with Crippen LogP contribution in [0.5, 0.6) is 0 Å². The Bertz CT molecular complexity index is 1010. The molecule has 0 fully saturated rings. The molecule has 148 valence electrons. The number of carbonyl (C=O) groups excluding carboxylic acids is 2. The molecular weight excluding hydrogens is 374 g/mol. The second kappa shape index (κ2) is 10.3. The van der Waals surface area contributed by atoms with Gasteiger partial charge in [-0.3, -0.25) is 9.59 Å². The van der Waals surface area contributed by atoms with Gasteiger partial charge < -0.3 is 5.73 Å². The van der Waals surface area contributed by atoms with E-state index in [-0.39, 0.29) is 5.96 Å². The van der Waals surface area contributed by atoms with Crippen molar-refractivity contribution in [3.8, 4) is 0 Å². The minimum Gasteiger partial charge on any atom is -0.369 e. The van der Waals surface area contributed by atoms with Crippen molar-refractivity contribution in [2.24, 2.45) is 10.7 Å². The van der Waals surface area contributed by atoms with E-state index < -0.39 is 11.8 Å². The van der Waals surface area contributed by atoms with Gasteiger partial charge >= 0.3 is 0 Å². The van der Waals surface area contributed by atoms with E-state index in [4.69, 9.17) is 5.73 Å². The largest absolute Gasteiger partial charge is 0.369 e. The number of hydrogen-bond acceptors (Lipinski definition) is 3. The van der Waals surface area contributed by atoms with Gasteiger partial charge in [-0.05, 0) is 35.4 Å². The molecule has 0 saturated heterocycles. The Balaban J connectivity index is 1.88. The van der Waals surface area contributed by atoms with Gasteiger partial charge in [0.25, 0.3) is 11.8 Å². The Hall–Kier alpha value is -4.25. The van der Waals surface area contributed by atoms with E-state index in [9.17, 15) is 9.59 Å². The average molecular weight is 395 g/mol. The van der Waals surface area contributed by atoms with Crippen LogP contribution in [0.3, 0.4) is 0 Å². The van der Waals surface area contributed by atoms with Crippen LogP contribution in [0.4, 0.5) is 5.69 Å². The summed E-state index contributed by atoms with van der Waals surface area (Å²) in [5, 5.41) is 0. The maximum Gasteiger partial charge on any atom is 0.260 e. The third-order valence-corrected chi connectivity index (χ3v) is 4.11. The van der Waals surface area contributed by atoms with E-state index in [1.807, 2.05) is 66.7 Å². The molecule has 0 saturated carbocycles. The molecule has 0 aliphatic carbocycles. The van der Waals surface area contributed by atoms with Gasteiger partial charge in [0.15, 0.2) is 0 Å². The number of guanidine groups is 1. The summed E-state index contributed by atoms with van der Waals surface area (Å²) in [4.78, 5) is 30.7. The van der Waals surface area contributed by atoms with E-state index in [1.54, 1.807) is 36.4 Å². The molecule has 0 unspecified atom stereocenters. The molecule has 30 heavy (non-hydrogen) atoms. The minimum atomic E-state index is -0.584. The second-order valence-corrected chi connectivity index (χ2v) is 6.31. The number of benzene rings is 3. The maximum atomic E-state index is 12.8. The third kappa shape index (κ3) is 5.87. The zero-order chi connectivity index (χ0) is 21.2. The molecule has 2 amide bonds. The van der Waals surface area contributed by atoms with Crippen LogP contribution in [0, 0.1) is 0 Å². The van der Waals surface area contributed by atoms with Crippen LogP contribution in [0.15, 0.2) is 108 Å². The van der Waals surface area contributed by atoms with E-state index in [2.05, 4.69) is 4.99 Å². The van der Waals surface area contributed by atoms with E-state index in [0.717, 1.165) is 16.0 Å². The first-order valence-corrected chi connectivity index (χ1v) is 9.37. The lowest BCUT2D eigenvalue weighted by atomic mass is 10.2. The van der Waals surface area contributed by atoms with Gasteiger partial charge in [0, 0.05) is 12.2 Å². The highest BCUT2D eigenvalue weighted by Crippen LogP contribution is 2.12. The highest BCUT2D eigenvalue weighted by atomic mass is 16.2. The van der Waals surface area contributed by atoms with Crippen molar-refractivity contribution in [3.05, 3.63) is 114 Å². The molecule has 5 heteroatoms. The zero-order valence-electron chi connectivity index (χ0n) is 16.3. The first-order valence-electron chi connectivity index (χ1n) is 9.37. The molecule has 0 heterocycles. The van der Waals surface area contributed by atoms with Crippen molar-refractivity contribution < 1.29 is 9.59 Å². The van der Waals surface area contributed by atoms with Crippen molar-refractivity contribution in [2.75, 3.05) is 0 Å². The molecular formula is C25H21N3O2. The molecule has 0 aliphatic heterocycles. The monoisotopic (exact) mass is 395 g/mol. The number of hydrogen-bond donors (Lipinski definition) is 1. The lowest BCUT2D eigenvalue weighted by Gasteiger charge is -2.16. The number of nitrogens with two attached hydrogens (primary N) is 1. The fourth-order valence-electron chi connectivity index (χ4n) is 2.63. The van der Waals surface area contributed by atoms with Gasteiger partial charge in [-0.2, -0.15) is 0 Å². The molecule has 5 nitrogen and oxygen atoms in total. The van der Waals surface area contributed by atoms with Crippen molar-refractivity contribution >= 4 is 35.6 Å². The lowest BCUT2D eigenvalue weighted by molar-refractivity contribution is -0.133. The number of carbonyl (C=O) groups is 2. The lowest BCUT2D eigenvalue weighted by Crippen LogP contribution is -2.44. The van der Waals surface area contributed by atoms with Gasteiger partial charge in [0.1, 0.15) is 0 Å². The molecule has 0 aliphatic rings. The second-order valence-electron chi connectivity index (χ2n) is 6.31. The summed E-state index contributed by atoms with van der Waals surface area (Å²) in [5.74, 6) is -1.37. The minimum absolute atomic E-state index is 0.202. The summed E-state index contributed by atoms with van der Waals surface area (Å²) in [7, 11) is 0. The predicted octanol–water partition coefficient (Wildman–Crippen LogP) is 4.41. The van der Waals surface area contributed by atoms with Crippen LogP contribution < -0.4 is 5.73 Å². The summed E-state index contributed by atoms with van der Waals surface area (Å²) in [6, 6.07) is 27.5. The molecule has 3 aromatic carbocycles. The Morgan fingerprint density at radius 1 is 0.667 bits per heavy atom. The van der Waals surface area contributed by atoms with Crippen LogP contribution >= 0.6 is 0 Å². The first-order chi connectivity index (χ1) is 14.6. The van der Waals surface area contributed by atoms with Gasteiger partial charge in [-0.25, -0.2) is 9.89 Å². The van der Waals surface area contributed by atoms with Gasteiger partial charge in [0.2, 0.25) is 5.96 Å². The van der Waals surface area contributed by atoms with E-state index in [1.165, 1.54) is 12.2 Å². The Labute approximate surface area is 175 Å². The molecule has 3 aromatic rings. The number of nitrogens with zero attached hydrogens (tertiary/aromatic N) is 2. The summed E-state index contributed by atoms with van der Waals surface area (Å²) >= 11 is 0. The number of imide groups is 1. The van der Waals surface area contributed by atoms with Crippen LogP contribution in [0.25, 0.3) is 12.2 Å². The Morgan fingerprint density at radius 3 is 1.50 bits per heavy atom. The molecule has 0 atom stereocenters. The Kier molecular flexibility index (Phi) is 7.06. The normalized spacial score (nSPS) is 11.7. The van der Waals surface area contributed by atoms with Crippen molar-refractivity contribution in [1.82, 2.24) is 4.90 Å². The standard InChI is InChI=1S/C25H21N3O2/c26-25(27-22-14-8-3-9-15-22)28(23(29)18-16-20-10-4-1-5-11-20)24(30)19-17-21-12-6-2-7-13-21/h1-19H,(H2,26,27). The predicted molar refractivity (Wildman–Crippen MR) is 121 cm³/mol. The number of para-hydroxylation sites is 1. The summed E-state index contributed by atoms with van der Waals surface area (Å²) in [5.41, 5.74) is 8.26. The Morgan fingerprint density at radius 2 is 1.07 bits per heavy atom. The highest BCUT2D eigenvalue weighted by molar-refractivity contribution is 6.19. The van der Waals surface area contributed by atoms with Crippen molar-refractivity contribution in [1.29, 1.82) is 0 Å². The number of aliphatic imine (C=N–C) groups is 1. The van der Waals surface area contributed by atoms with E-state index >= 15 is 0 Å². The average Bonchev–Trinajstić information content (AvgIpc) is 2.78. The van der Waals surface area contributed by atoms with Crippen LogP contribution in [0.2, 0.25) is 0 Å². The van der Waals surface area contributed by atoms with Gasteiger partial charge in [-0.1, -0.05) is 78.9 Å². The molecule has 2 N–H and O–H groups in total. The highest BCUT2D eigenvalue weighted by Gasteiger charge is 2.21. The van der Waals surface area contributed by atoms with Gasteiger partial charge in [-0.15, -0.1) is 0 Å². The number of amides is 2. The smallest absolute Gasteiger partial charge is 0.260 e. The summed E-state index contributed by atoms with van der Waals surface area (Å²) < 4.78 is 0. The number of rotatable bonds is 5. The molecule has 0 bridgehead atoms. The SMILES string of the molecule is NC(=Nc1ccccc1)N(C(=O)C=Cc1ccccc1)C(=O)C=Cc1ccccc1. The molecule has 0 aromatic heterocycles. The van der Waals surface area contributed by atoms with Crippen LogP contribution in [-0.2, 0) is 9.59 Å². The third-order valence-electron chi connectivity index (χ3n) is 4.11. The molecule has 0 spiro atoms. The topological polar surface area (TPSA) is 75.8 Å². The summed E-state index contributed by atoms with van der Waals surface area (Å²) in [6.07, 6.45) is 5.85. The fraction of sp³-hybridized carbons (Fsp3) is 0. The first kappa shape index (κ1) is 20.5. The molecule has 3 rings (SSSR count).